The van der Waals surface area contributed by atoms with E-state index in [2.05, 4.69) is 17.0 Å². The van der Waals surface area contributed by atoms with Crippen LogP contribution in [0.5, 0.6) is 5.75 Å². The van der Waals surface area contributed by atoms with E-state index in [9.17, 15) is 4.79 Å². The van der Waals surface area contributed by atoms with Crippen LogP contribution in [0.2, 0.25) is 0 Å². The molecule has 0 spiro atoms. The minimum Gasteiger partial charge on any atom is -0.491 e. The lowest BCUT2D eigenvalue weighted by molar-refractivity contribution is -0.156. The van der Waals surface area contributed by atoms with E-state index in [4.69, 9.17) is 19.0 Å². The van der Waals surface area contributed by atoms with Crippen molar-refractivity contribution in [3.63, 3.8) is 0 Å². The van der Waals surface area contributed by atoms with Gasteiger partial charge in [-0.2, -0.15) is 0 Å². The third-order valence-corrected chi connectivity index (χ3v) is 5.11. The number of hydrogen-bond acceptors (Lipinski definition) is 7. The third-order valence-electron chi connectivity index (χ3n) is 5.11. The number of aromatic nitrogens is 1. The van der Waals surface area contributed by atoms with Crippen molar-refractivity contribution in [2.75, 3.05) is 26.4 Å². The average molecular weight is 477 g/mol. The number of pyridine rings is 1. The smallest absolute Gasteiger partial charge is 0.335 e. The Morgan fingerprint density at radius 3 is 2.40 bits per heavy atom. The summed E-state index contributed by atoms with van der Waals surface area (Å²) in [7, 11) is 0. The number of carbonyl (C=O) groups excluding carboxylic acids is 1. The van der Waals surface area contributed by atoms with Crippen LogP contribution in [0.15, 0.2) is 79.5 Å². The number of esters is 1. The van der Waals surface area contributed by atoms with E-state index in [0.717, 1.165) is 22.4 Å². The summed E-state index contributed by atoms with van der Waals surface area (Å²) in [6.07, 6.45) is 1.62. The van der Waals surface area contributed by atoms with E-state index < -0.39 is 6.10 Å². The Morgan fingerprint density at radius 2 is 1.74 bits per heavy atom. The van der Waals surface area contributed by atoms with E-state index in [1.54, 1.807) is 13.1 Å². The van der Waals surface area contributed by atoms with E-state index in [1.807, 2.05) is 73.7 Å². The monoisotopic (exact) mass is 476 g/mol. The molecule has 0 fully saturated rings. The third kappa shape index (κ3) is 8.24. The summed E-state index contributed by atoms with van der Waals surface area (Å²) in [5.74, 6) is 0.371. The van der Waals surface area contributed by atoms with Crippen LogP contribution in [0, 0.1) is 0 Å². The largest absolute Gasteiger partial charge is 0.491 e. The van der Waals surface area contributed by atoms with E-state index in [1.165, 1.54) is 0 Å². The van der Waals surface area contributed by atoms with Crippen LogP contribution < -0.4 is 10.2 Å². The van der Waals surface area contributed by atoms with Crippen molar-refractivity contribution in [3.05, 3.63) is 90.6 Å². The van der Waals surface area contributed by atoms with Gasteiger partial charge in [-0.25, -0.2) is 4.79 Å². The second kappa shape index (κ2) is 13.9. The van der Waals surface area contributed by atoms with E-state index >= 15 is 0 Å². The fourth-order valence-corrected chi connectivity index (χ4v) is 3.36. The molecule has 7 heteroatoms. The summed E-state index contributed by atoms with van der Waals surface area (Å²) in [5.41, 5.74) is 7.37. The van der Waals surface area contributed by atoms with Crippen molar-refractivity contribution < 1.29 is 23.8 Å². The predicted octanol–water partition coefficient (Wildman–Crippen LogP) is 4.83. The Bertz CT molecular complexity index is 1050. The topological polar surface area (TPSA) is 78.9 Å². The maximum atomic E-state index is 12.0. The summed E-state index contributed by atoms with van der Waals surface area (Å²) in [4.78, 5) is 21.9. The number of rotatable bonds is 14. The summed E-state index contributed by atoms with van der Waals surface area (Å²) in [5, 5.41) is 0. The predicted molar refractivity (Wildman–Crippen MR) is 135 cm³/mol. The van der Waals surface area contributed by atoms with Crippen LogP contribution in [0.4, 0.5) is 0 Å². The minimum absolute atomic E-state index is 0.331. The Morgan fingerprint density at radius 1 is 0.971 bits per heavy atom. The molecule has 0 radical (unpaired) electrons. The van der Waals surface area contributed by atoms with Crippen LogP contribution in [0.3, 0.4) is 0 Å². The molecule has 1 N–H and O–H groups in total. The molecule has 35 heavy (non-hydrogen) atoms. The second-order valence-corrected chi connectivity index (χ2v) is 7.61. The molecule has 0 amide bonds. The van der Waals surface area contributed by atoms with Crippen molar-refractivity contribution >= 4 is 11.7 Å². The quantitative estimate of drug-likeness (QED) is 0.203. The fourth-order valence-electron chi connectivity index (χ4n) is 3.36. The van der Waals surface area contributed by atoms with E-state index in [0.29, 0.717) is 44.3 Å². The first-order valence-corrected chi connectivity index (χ1v) is 11.7. The summed E-state index contributed by atoms with van der Waals surface area (Å²) in [6, 6.07) is 21.3. The van der Waals surface area contributed by atoms with Gasteiger partial charge < -0.3 is 14.2 Å². The first kappa shape index (κ1) is 25.9. The normalized spacial score (nSPS) is 11.5. The van der Waals surface area contributed by atoms with Crippen LogP contribution in [0.1, 0.15) is 25.0 Å². The van der Waals surface area contributed by atoms with Gasteiger partial charge in [0, 0.05) is 24.8 Å². The Labute approximate surface area is 206 Å². The molecule has 1 unspecified atom stereocenters. The van der Waals surface area contributed by atoms with Gasteiger partial charge in [0.2, 0.25) is 0 Å². The minimum atomic E-state index is -0.606. The van der Waals surface area contributed by atoms with Gasteiger partial charge in [0.15, 0.2) is 6.10 Å². The standard InChI is InChI=1S/C28H32N2O5/c1-4-32-27(28(31)33-5-2)20-22-9-15-25(16-10-22)34-18-19-35-30-21(3)23-11-13-24(14-12-23)26-8-6-7-17-29-26/h6-17,27,30H,3-5,18-20H2,1-2H3. The Kier molecular flexibility index (Phi) is 10.3. The zero-order valence-electron chi connectivity index (χ0n) is 20.2. The van der Waals surface area contributed by atoms with Gasteiger partial charge in [0.1, 0.15) is 19.0 Å². The molecule has 0 bridgehead atoms. The summed E-state index contributed by atoms with van der Waals surface area (Å²) in [6.45, 7) is 9.13. The molecule has 1 atom stereocenters. The van der Waals surface area contributed by atoms with Crippen molar-refractivity contribution in [2.24, 2.45) is 0 Å². The lowest BCUT2D eigenvalue weighted by atomic mass is 10.1. The maximum Gasteiger partial charge on any atom is 0.335 e. The highest BCUT2D eigenvalue weighted by Gasteiger charge is 2.20. The van der Waals surface area contributed by atoms with Crippen molar-refractivity contribution in [3.8, 4) is 17.0 Å². The molecular formula is C28H32N2O5. The van der Waals surface area contributed by atoms with E-state index in [-0.39, 0.29) is 5.97 Å². The molecule has 7 nitrogen and oxygen atoms in total. The number of nitrogens with zero attached hydrogens (tertiary/aromatic N) is 1. The lowest BCUT2D eigenvalue weighted by Gasteiger charge is -2.16. The number of nitrogens with one attached hydrogen (secondary N) is 1. The highest BCUT2D eigenvalue weighted by Crippen LogP contribution is 2.19. The summed E-state index contributed by atoms with van der Waals surface area (Å²) < 4.78 is 16.3. The molecule has 184 valence electrons. The van der Waals surface area contributed by atoms with Gasteiger partial charge in [-0.15, -0.1) is 0 Å². The molecule has 0 saturated carbocycles. The molecule has 1 heterocycles. The van der Waals surface area contributed by atoms with Gasteiger partial charge in [0.05, 0.1) is 18.0 Å². The zero-order valence-corrected chi connectivity index (χ0v) is 20.2. The SMILES string of the molecule is C=C(NOCCOc1ccc(CC(OCC)C(=O)OCC)cc1)c1ccc(-c2ccccn2)cc1. The fraction of sp³-hybridized carbons (Fsp3) is 0.286. The van der Waals surface area contributed by atoms with Crippen LogP contribution in [-0.2, 0) is 25.5 Å². The lowest BCUT2D eigenvalue weighted by Crippen LogP contribution is -2.28. The number of ether oxygens (including phenoxy) is 3. The Balaban J connectivity index is 1.38. The van der Waals surface area contributed by atoms with Gasteiger partial charge in [0.25, 0.3) is 0 Å². The molecule has 2 aromatic carbocycles. The highest BCUT2D eigenvalue weighted by molar-refractivity contribution is 5.75. The molecule has 1 aromatic heterocycles. The zero-order chi connectivity index (χ0) is 24.9. The van der Waals surface area contributed by atoms with Gasteiger partial charge in [-0.3, -0.25) is 15.3 Å². The summed E-state index contributed by atoms with van der Waals surface area (Å²) >= 11 is 0. The molecule has 0 aliphatic rings. The molecule has 0 aliphatic heterocycles. The number of hydroxylamine groups is 1. The van der Waals surface area contributed by atoms with Crippen LogP contribution in [-0.4, -0.2) is 43.5 Å². The molecule has 3 rings (SSSR count). The highest BCUT2D eigenvalue weighted by atomic mass is 16.7. The van der Waals surface area contributed by atoms with Gasteiger partial charge in [-0.1, -0.05) is 49.0 Å². The molecule has 3 aromatic rings. The van der Waals surface area contributed by atoms with Crippen molar-refractivity contribution in [2.45, 2.75) is 26.4 Å². The molecule has 0 saturated heterocycles. The van der Waals surface area contributed by atoms with Crippen LogP contribution in [0.25, 0.3) is 17.0 Å². The average Bonchev–Trinajstić information content (AvgIpc) is 2.90. The number of hydrogen-bond donors (Lipinski definition) is 1. The molecular weight excluding hydrogens is 444 g/mol. The van der Waals surface area contributed by atoms with Gasteiger partial charge in [-0.05, 0) is 49.2 Å². The van der Waals surface area contributed by atoms with Crippen molar-refractivity contribution in [1.82, 2.24) is 10.5 Å². The van der Waals surface area contributed by atoms with Crippen LogP contribution >= 0.6 is 0 Å². The maximum absolute atomic E-state index is 12.0. The second-order valence-electron chi connectivity index (χ2n) is 7.61. The first-order chi connectivity index (χ1) is 17.1. The van der Waals surface area contributed by atoms with Gasteiger partial charge >= 0.3 is 5.97 Å². The first-order valence-electron chi connectivity index (χ1n) is 11.7. The number of benzene rings is 2. The Hall–Kier alpha value is -3.68. The molecule has 0 aliphatic carbocycles. The van der Waals surface area contributed by atoms with Crippen molar-refractivity contribution in [1.29, 1.82) is 0 Å². The number of carbonyl (C=O) groups is 1.